The van der Waals surface area contributed by atoms with Crippen molar-refractivity contribution in [2.45, 2.75) is 6.92 Å². The summed E-state index contributed by atoms with van der Waals surface area (Å²) >= 11 is 1.64. The first-order valence-electron chi connectivity index (χ1n) is 7.06. The monoisotopic (exact) mass is 328 g/mol. The molecule has 0 saturated heterocycles. The van der Waals surface area contributed by atoms with Crippen LogP contribution in [0.4, 0.5) is 0 Å². The van der Waals surface area contributed by atoms with Gasteiger partial charge in [0.15, 0.2) is 11.5 Å². The lowest BCUT2D eigenvalue weighted by molar-refractivity contribution is 0.0962. The number of nitrogens with zero attached hydrogens (tertiary/aromatic N) is 1. The Morgan fingerprint density at radius 3 is 2.74 bits per heavy atom. The summed E-state index contributed by atoms with van der Waals surface area (Å²) in [5, 5.41) is 3.60. The highest BCUT2D eigenvalue weighted by molar-refractivity contribution is 7.18. The Balaban J connectivity index is 1.97. The van der Waals surface area contributed by atoms with Crippen molar-refractivity contribution < 1.29 is 14.3 Å². The zero-order valence-corrected chi connectivity index (χ0v) is 13.9. The Morgan fingerprint density at radius 1 is 1.17 bits per heavy atom. The first kappa shape index (κ1) is 15.3. The van der Waals surface area contributed by atoms with E-state index in [2.05, 4.69) is 10.3 Å². The lowest BCUT2D eigenvalue weighted by atomic mass is 10.2. The predicted octanol–water partition coefficient (Wildman–Crippen LogP) is 3.77. The van der Waals surface area contributed by atoms with Crippen LogP contribution in [0.2, 0.25) is 0 Å². The van der Waals surface area contributed by atoms with E-state index >= 15 is 0 Å². The molecule has 0 atom stereocenters. The molecule has 5 nitrogen and oxygen atoms in total. The molecule has 3 aromatic rings. The molecule has 1 amide bonds. The molecular weight excluding hydrogens is 312 g/mol. The fourth-order valence-corrected chi connectivity index (χ4v) is 3.06. The molecule has 0 aliphatic rings. The standard InChI is InChI=1S/C17H16N2O3S/c1-10-19-13-9-12(5-7-16(13)23-10)22-15-8-11(17(20)18-2)4-6-14(15)21-3/h4-9H,1-3H3,(H,18,20). The zero-order valence-electron chi connectivity index (χ0n) is 13.0. The van der Waals surface area contributed by atoms with Gasteiger partial charge in [-0.25, -0.2) is 4.98 Å². The summed E-state index contributed by atoms with van der Waals surface area (Å²) in [6.45, 7) is 1.97. The maximum absolute atomic E-state index is 11.8. The first-order chi connectivity index (χ1) is 11.1. The average molecular weight is 328 g/mol. The van der Waals surface area contributed by atoms with Crippen LogP contribution in [0.15, 0.2) is 36.4 Å². The number of thiazole rings is 1. The van der Waals surface area contributed by atoms with E-state index in [9.17, 15) is 4.79 Å². The number of fused-ring (bicyclic) bond motifs is 1. The summed E-state index contributed by atoms with van der Waals surface area (Å²) in [6, 6.07) is 10.8. The Kier molecular flexibility index (Phi) is 4.16. The average Bonchev–Trinajstić information content (AvgIpc) is 2.93. The summed E-state index contributed by atoms with van der Waals surface area (Å²) in [5.74, 6) is 1.52. The molecule has 1 N–H and O–H groups in total. The summed E-state index contributed by atoms with van der Waals surface area (Å²) < 4.78 is 12.3. The van der Waals surface area contributed by atoms with Gasteiger partial charge in [0.1, 0.15) is 5.75 Å². The van der Waals surface area contributed by atoms with Crippen molar-refractivity contribution in [3.05, 3.63) is 47.0 Å². The van der Waals surface area contributed by atoms with Gasteiger partial charge in [-0.3, -0.25) is 4.79 Å². The van der Waals surface area contributed by atoms with Gasteiger partial charge >= 0.3 is 0 Å². The van der Waals surface area contributed by atoms with Gasteiger partial charge in [-0.05, 0) is 37.3 Å². The SMILES string of the molecule is CNC(=O)c1ccc(OC)c(Oc2ccc3sc(C)nc3c2)c1. The fourth-order valence-electron chi connectivity index (χ4n) is 2.25. The van der Waals surface area contributed by atoms with E-state index in [1.165, 1.54) is 0 Å². The minimum absolute atomic E-state index is 0.178. The number of rotatable bonds is 4. The van der Waals surface area contributed by atoms with Crippen LogP contribution in [0.1, 0.15) is 15.4 Å². The Bertz CT molecular complexity index is 873. The van der Waals surface area contributed by atoms with Crippen LogP contribution in [-0.2, 0) is 0 Å². The van der Waals surface area contributed by atoms with Crippen LogP contribution in [0.5, 0.6) is 17.2 Å². The van der Waals surface area contributed by atoms with Crippen molar-refractivity contribution in [1.29, 1.82) is 0 Å². The molecule has 118 valence electrons. The molecule has 23 heavy (non-hydrogen) atoms. The number of aromatic nitrogens is 1. The van der Waals surface area contributed by atoms with Crippen LogP contribution in [-0.4, -0.2) is 25.0 Å². The third-order valence-corrected chi connectivity index (χ3v) is 4.30. The van der Waals surface area contributed by atoms with Crippen LogP contribution in [0, 0.1) is 6.92 Å². The molecule has 0 aliphatic carbocycles. The second kappa shape index (κ2) is 6.26. The van der Waals surface area contributed by atoms with Gasteiger partial charge in [-0.2, -0.15) is 0 Å². The molecule has 1 heterocycles. The smallest absolute Gasteiger partial charge is 0.251 e. The highest BCUT2D eigenvalue weighted by atomic mass is 32.1. The topological polar surface area (TPSA) is 60.5 Å². The largest absolute Gasteiger partial charge is 0.493 e. The molecule has 6 heteroatoms. The van der Waals surface area contributed by atoms with Crippen LogP contribution in [0.25, 0.3) is 10.2 Å². The molecule has 3 rings (SSSR count). The number of ether oxygens (including phenoxy) is 2. The second-order valence-corrected chi connectivity index (χ2v) is 6.14. The van der Waals surface area contributed by atoms with Crippen molar-refractivity contribution in [3.63, 3.8) is 0 Å². The number of amides is 1. The second-order valence-electron chi connectivity index (χ2n) is 4.91. The molecule has 1 aromatic heterocycles. The Morgan fingerprint density at radius 2 is 2.00 bits per heavy atom. The maximum atomic E-state index is 11.8. The van der Waals surface area contributed by atoms with E-state index < -0.39 is 0 Å². The van der Waals surface area contributed by atoms with Crippen molar-refractivity contribution >= 4 is 27.5 Å². The number of benzene rings is 2. The van der Waals surface area contributed by atoms with Crippen molar-refractivity contribution in [2.24, 2.45) is 0 Å². The van der Waals surface area contributed by atoms with Crippen molar-refractivity contribution in [2.75, 3.05) is 14.2 Å². The van der Waals surface area contributed by atoms with Gasteiger partial charge in [0.05, 0.1) is 22.3 Å². The lowest BCUT2D eigenvalue weighted by Crippen LogP contribution is -2.17. The van der Waals surface area contributed by atoms with E-state index in [-0.39, 0.29) is 5.91 Å². The van der Waals surface area contributed by atoms with E-state index in [4.69, 9.17) is 9.47 Å². The molecule has 0 unspecified atom stereocenters. The highest BCUT2D eigenvalue weighted by Gasteiger charge is 2.12. The third-order valence-electron chi connectivity index (χ3n) is 3.35. The number of aryl methyl sites for hydroxylation is 1. The van der Waals surface area contributed by atoms with Crippen molar-refractivity contribution in [3.8, 4) is 17.2 Å². The Hall–Kier alpha value is -2.60. The summed E-state index contributed by atoms with van der Waals surface area (Å²) in [5.41, 5.74) is 1.40. The predicted molar refractivity (Wildman–Crippen MR) is 90.8 cm³/mol. The first-order valence-corrected chi connectivity index (χ1v) is 7.87. The van der Waals surface area contributed by atoms with Gasteiger partial charge in [0.25, 0.3) is 5.91 Å². The molecule has 0 radical (unpaired) electrons. The lowest BCUT2D eigenvalue weighted by Gasteiger charge is -2.11. The third kappa shape index (κ3) is 3.12. The summed E-state index contributed by atoms with van der Waals surface area (Å²) in [7, 11) is 3.15. The summed E-state index contributed by atoms with van der Waals surface area (Å²) in [4.78, 5) is 16.2. The number of hydrogen-bond acceptors (Lipinski definition) is 5. The number of carbonyl (C=O) groups is 1. The zero-order chi connectivity index (χ0) is 16.4. The van der Waals surface area contributed by atoms with Gasteiger partial charge in [0, 0.05) is 18.7 Å². The van der Waals surface area contributed by atoms with Crippen LogP contribution >= 0.6 is 11.3 Å². The van der Waals surface area contributed by atoms with E-state index in [1.54, 1.807) is 43.7 Å². The number of nitrogens with one attached hydrogen (secondary N) is 1. The van der Waals surface area contributed by atoms with Crippen LogP contribution in [0.3, 0.4) is 0 Å². The highest BCUT2D eigenvalue weighted by Crippen LogP contribution is 2.34. The summed E-state index contributed by atoms with van der Waals surface area (Å²) in [6.07, 6.45) is 0. The molecule has 0 saturated carbocycles. The number of hydrogen-bond donors (Lipinski definition) is 1. The van der Waals surface area contributed by atoms with E-state index in [0.717, 1.165) is 15.2 Å². The Labute approximate surface area is 137 Å². The number of carbonyl (C=O) groups excluding carboxylic acids is 1. The van der Waals surface area contributed by atoms with Gasteiger partial charge in [-0.1, -0.05) is 0 Å². The maximum Gasteiger partial charge on any atom is 0.251 e. The minimum atomic E-state index is -0.178. The quantitative estimate of drug-likeness (QED) is 0.792. The van der Waals surface area contributed by atoms with Gasteiger partial charge in [-0.15, -0.1) is 11.3 Å². The normalized spacial score (nSPS) is 10.6. The molecular formula is C17H16N2O3S. The molecule has 2 aromatic carbocycles. The minimum Gasteiger partial charge on any atom is -0.493 e. The van der Waals surface area contributed by atoms with Crippen LogP contribution < -0.4 is 14.8 Å². The van der Waals surface area contributed by atoms with Crippen molar-refractivity contribution in [1.82, 2.24) is 10.3 Å². The number of methoxy groups -OCH3 is 1. The van der Waals surface area contributed by atoms with E-state index in [0.29, 0.717) is 22.8 Å². The van der Waals surface area contributed by atoms with Gasteiger partial charge in [0.2, 0.25) is 0 Å². The molecule has 0 bridgehead atoms. The fraction of sp³-hybridized carbons (Fsp3) is 0.176. The molecule has 0 spiro atoms. The molecule has 0 aliphatic heterocycles. The van der Waals surface area contributed by atoms with E-state index in [1.807, 2.05) is 25.1 Å². The molecule has 0 fully saturated rings. The van der Waals surface area contributed by atoms with Gasteiger partial charge < -0.3 is 14.8 Å².